The number of carbonyl (C=O) groups is 3. The summed E-state index contributed by atoms with van der Waals surface area (Å²) in [6.45, 7) is 0.0366. The highest BCUT2D eigenvalue weighted by molar-refractivity contribution is 14.1. The third-order valence-corrected chi connectivity index (χ3v) is 6.41. The molecule has 200 valence electrons. The van der Waals surface area contributed by atoms with Crippen LogP contribution in [-0.2, 0) is 9.59 Å². The largest absolute Gasteiger partial charge is 0.508 e. The number of β-amino-alcohol motifs (C(OH)–C–C–N with tert-alkyl or cyclic N) is 1. The van der Waals surface area contributed by atoms with Crippen LogP contribution in [0.5, 0.6) is 11.5 Å². The number of phenols is 2. The molecule has 12 nitrogen and oxygen atoms in total. The number of benzene rings is 2. The number of anilines is 1. The van der Waals surface area contributed by atoms with E-state index in [1.807, 2.05) is 45.2 Å². The summed E-state index contributed by atoms with van der Waals surface area (Å²) in [4.78, 5) is 40.6. The van der Waals surface area contributed by atoms with Crippen LogP contribution in [0.15, 0.2) is 35.3 Å². The van der Waals surface area contributed by atoms with E-state index in [4.69, 9.17) is 0 Å². The number of nitrogens with one attached hydrogen (secondary N) is 4. The monoisotopic (exact) mass is 731 g/mol. The minimum Gasteiger partial charge on any atom is -0.508 e. The number of guanidine groups is 1. The highest BCUT2D eigenvalue weighted by Crippen LogP contribution is 2.33. The number of nitrogens with zero attached hydrogens (tertiary/aromatic N) is 1. The van der Waals surface area contributed by atoms with Crippen molar-refractivity contribution < 1.29 is 40.5 Å². The van der Waals surface area contributed by atoms with Crippen LogP contribution in [0.2, 0.25) is 0 Å². The van der Waals surface area contributed by atoms with Gasteiger partial charge in [-0.25, -0.2) is 0 Å². The summed E-state index contributed by atoms with van der Waals surface area (Å²) < 4.78 is 1.26. The predicted octanol–water partition coefficient (Wildman–Crippen LogP) is 2.09. The Labute approximate surface area is 238 Å². The lowest BCUT2D eigenvalue weighted by Gasteiger charge is -2.20. The maximum atomic E-state index is 12.6. The van der Waals surface area contributed by atoms with Gasteiger partial charge in [0, 0.05) is 38.7 Å². The summed E-state index contributed by atoms with van der Waals surface area (Å²) in [6, 6.07) is 6.31. The van der Waals surface area contributed by atoms with Gasteiger partial charge in [-0.3, -0.25) is 19.4 Å². The fourth-order valence-corrected chi connectivity index (χ4v) is 5.23. The van der Waals surface area contributed by atoms with Gasteiger partial charge in [-0.1, -0.05) is 0 Å². The molecule has 0 saturated carbocycles. The lowest BCUT2D eigenvalue weighted by atomic mass is 10.0. The molecule has 0 aromatic heterocycles. The molecular formula is C22H31I2N5O7. The average molecular weight is 731 g/mol. The van der Waals surface area contributed by atoms with Gasteiger partial charge in [-0.15, -0.1) is 0 Å². The molecule has 1 aliphatic rings. The highest BCUT2D eigenvalue weighted by atomic mass is 127. The van der Waals surface area contributed by atoms with Crippen molar-refractivity contribution in [2.75, 3.05) is 25.0 Å². The normalized spacial score (nSPS) is 15.8. The van der Waals surface area contributed by atoms with E-state index in [1.54, 1.807) is 12.1 Å². The van der Waals surface area contributed by atoms with Gasteiger partial charge in [-0.2, -0.15) is 0 Å². The maximum absolute atomic E-state index is 12.6. The first-order chi connectivity index (χ1) is 17.0. The molecule has 1 unspecified atom stereocenters. The number of aliphatic carboxylic acids is 1. The summed E-state index contributed by atoms with van der Waals surface area (Å²) in [6.07, 6.45) is -1.07. The number of hydrogen-bond acceptors (Lipinski definition) is 9. The summed E-state index contributed by atoms with van der Waals surface area (Å²) in [7, 11) is 0. The van der Waals surface area contributed by atoms with Crippen LogP contribution < -0.4 is 21.3 Å². The van der Waals surface area contributed by atoms with E-state index in [9.17, 15) is 34.8 Å². The minimum absolute atomic E-state index is 0. The highest BCUT2D eigenvalue weighted by Gasteiger charge is 2.23. The quantitative estimate of drug-likeness (QED) is 0.188. The smallest absolute Gasteiger partial charge is 0.305 e. The fraction of sp³-hybridized carbons (Fsp3) is 0.273. The van der Waals surface area contributed by atoms with E-state index in [1.165, 1.54) is 18.2 Å². The second-order valence-electron chi connectivity index (χ2n) is 7.84. The van der Waals surface area contributed by atoms with E-state index >= 15 is 0 Å². The van der Waals surface area contributed by atoms with E-state index in [2.05, 4.69) is 26.3 Å². The molecule has 0 fully saturated rings. The van der Waals surface area contributed by atoms with Gasteiger partial charge in [-0.05, 0) is 69.4 Å². The summed E-state index contributed by atoms with van der Waals surface area (Å²) in [5, 5.41) is 49.9. The van der Waals surface area contributed by atoms with Crippen LogP contribution in [-0.4, -0.2) is 69.9 Å². The Balaban J connectivity index is 0. The second-order valence-corrected chi connectivity index (χ2v) is 10.3. The number of carbonyl (C=O) groups excluding carboxylic acids is 2. The van der Waals surface area contributed by atoms with Crippen molar-refractivity contribution in [2.24, 2.45) is 4.99 Å². The molecule has 2 atom stereocenters. The van der Waals surface area contributed by atoms with Crippen LogP contribution in [0, 0.1) is 7.14 Å². The number of aliphatic hydroxyl groups is 1. The predicted molar refractivity (Wildman–Crippen MR) is 156 cm³/mol. The van der Waals surface area contributed by atoms with Crippen molar-refractivity contribution in [1.29, 1.82) is 0 Å². The Bertz CT molecular complexity index is 1230. The number of amides is 2. The summed E-state index contributed by atoms with van der Waals surface area (Å²) >= 11 is 3.93. The van der Waals surface area contributed by atoms with E-state index < -0.39 is 42.9 Å². The van der Waals surface area contributed by atoms with Crippen LogP contribution in [0.1, 0.15) is 34.1 Å². The number of aliphatic imine (C=N–C) groups is 1. The molecule has 0 saturated heterocycles. The molecule has 0 bridgehead atoms. The Morgan fingerprint density at radius 1 is 1.17 bits per heavy atom. The zero-order valence-electron chi connectivity index (χ0n) is 18.6. The number of phenolic OH excluding ortho intramolecular Hbond substituents is 2. The fourth-order valence-electron chi connectivity index (χ4n) is 3.34. The molecule has 0 aliphatic carbocycles. The standard InChI is InChI=1S/C22H23I2N5O7.4H2/c23-11-3-15(20(35)16(24)4-11)17(6-19(33)34)29-18(32)9-25-21(36)10-1-12(5-13(30)2-10)28-22-26-7-14(31)8-27-22;;;;/h1-5,14,17,30-31,35H,6-9H2,(H,25,36)(H,29,32)(H,33,34)(H2,26,27,28);4*1H/t17-;;;;/m0..../s1. The molecule has 36 heavy (non-hydrogen) atoms. The van der Waals surface area contributed by atoms with Crippen molar-refractivity contribution in [1.82, 2.24) is 16.0 Å². The summed E-state index contributed by atoms with van der Waals surface area (Å²) in [5.74, 6) is -2.45. The minimum atomic E-state index is -1.18. The Hall–Kier alpha value is -2.86. The zero-order chi connectivity index (χ0) is 26.4. The van der Waals surface area contributed by atoms with Gasteiger partial charge in [0.2, 0.25) is 5.91 Å². The van der Waals surface area contributed by atoms with Crippen molar-refractivity contribution in [2.45, 2.75) is 18.6 Å². The lowest BCUT2D eigenvalue weighted by Crippen LogP contribution is -2.42. The number of aliphatic hydroxyl groups excluding tert-OH is 1. The van der Waals surface area contributed by atoms with E-state index in [-0.39, 0.29) is 34.9 Å². The number of aromatic hydroxyl groups is 2. The third-order valence-electron chi connectivity index (χ3n) is 4.96. The average Bonchev–Trinajstić information content (AvgIpc) is 2.80. The van der Waals surface area contributed by atoms with Crippen molar-refractivity contribution in [3.05, 3.63) is 48.6 Å². The number of carboxylic acids is 1. The SMILES string of the molecule is O=C(O)C[C@H](NC(=O)CNC(=O)c1cc(O)cc(NC2=NCC(O)CN2)c1)c1cc(I)cc(I)c1O.[HH].[HH].[HH].[HH]. The Morgan fingerprint density at radius 2 is 1.92 bits per heavy atom. The van der Waals surface area contributed by atoms with Crippen LogP contribution in [0.4, 0.5) is 5.69 Å². The number of carboxylic acid groups (broad SMARTS) is 1. The van der Waals surface area contributed by atoms with E-state index in [0.29, 0.717) is 21.8 Å². The zero-order valence-corrected chi connectivity index (χ0v) is 22.9. The molecule has 2 aromatic rings. The number of hydrogen-bond donors (Lipinski definition) is 8. The van der Waals surface area contributed by atoms with Gasteiger partial charge in [0.25, 0.3) is 5.91 Å². The molecule has 2 aromatic carbocycles. The summed E-state index contributed by atoms with van der Waals surface area (Å²) in [5.41, 5.74) is 0.676. The second kappa shape index (κ2) is 12.4. The number of halogens is 2. The van der Waals surface area contributed by atoms with E-state index in [0.717, 1.165) is 3.57 Å². The molecule has 0 spiro atoms. The van der Waals surface area contributed by atoms with Crippen molar-refractivity contribution in [3.8, 4) is 11.5 Å². The molecule has 1 aliphatic heterocycles. The van der Waals surface area contributed by atoms with Crippen LogP contribution in [0.25, 0.3) is 0 Å². The molecular weight excluding hydrogens is 700 g/mol. The molecule has 14 heteroatoms. The maximum Gasteiger partial charge on any atom is 0.305 e. The van der Waals surface area contributed by atoms with Crippen molar-refractivity contribution >= 4 is 74.6 Å². The van der Waals surface area contributed by atoms with Gasteiger partial charge >= 0.3 is 5.97 Å². The third kappa shape index (κ3) is 7.82. The van der Waals surface area contributed by atoms with Gasteiger partial charge in [0.05, 0.1) is 35.2 Å². The van der Waals surface area contributed by atoms with Gasteiger partial charge in [0.1, 0.15) is 11.5 Å². The molecule has 2 amide bonds. The topological polar surface area (TPSA) is 193 Å². The first-order valence-electron chi connectivity index (χ1n) is 10.6. The molecule has 8 N–H and O–H groups in total. The lowest BCUT2D eigenvalue weighted by molar-refractivity contribution is -0.137. The van der Waals surface area contributed by atoms with Crippen LogP contribution in [0.3, 0.4) is 0 Å². The number of rotatable bonds is 8. The first kappa shape index (κ1) is 27.7. The Kier molecular flexibility index (Phi) is 9.55. The molecule has 1 heterocycles. The Morgan fingerprint density at radius 3 is 2.58 bits per heavy atom. The first-order valence-corrected chi connectivity index (χ1v) is 12.7. The van der Waals surface area contributed by atoms with Gasteiger partial charge < -0.3 is 41.7 Å². The van der Waals surface area contributed by atoms with Crippen molar-refractivity contribution in [3.63, 3.8) is 0 Å². The molecule has 0 radical (unpaired) electrons. The van der Waals surface area contributed by atoms with Gasteiger partial charge in [0.15, 0.2) is 5.96 Å². The van der Waals surface area contributed by atoms with Crippen LogP contribution >= 0.6 is 45.2 Å². The molecule has 3 rings (SSSR count).